The molecule has 25 heavy (non-hydrogen) atoms. The molecule has 0 saturated carbocycles. The van der Waals surface area contributed by atoms with E-state index in [1.54, 1.807) is 0 Å². The second-order valence-electron chi connectivity index (χ2n) is 3.82. The molecule has 3 nitrogen and oxygen atoms in total. The molecule has 0 saturated heterocycles. The predicted octanol–water partition coefficient (Wildman–Crippen LogP) is 4.43. The third kappa shape index (κ3) is 3.77. The standard InChI is InChI=1S/C7F14O3S/c8-1(2(9)10)3(11,12)4(13,5(14,15)16)24-6(17,18)7(19,20)25(21,22)23. The lowest BCUT2D eigenvalue weighted by Gasteiger charge is -2.36. The van der Waals surface area contributed by atoms with Crippen molar-refractivity contribution >= 4 is 10.2 Å². The Morgan fingerprint density at radius 3 is 1.36 bits per heavy atom. The van der Waals surface area contributed by atoms with E-state index in [4.69, 9.17) is 0 Å². The molecular formula is C7F14O3S. The third-order valence-electron chi connectivity index (χ3n) is 2.12. The highest BCUT2D eigenvalue weighted by Crippen LogP contribution is 2.55. The molecule has 0 spiro atoms. The van der Waals surface area contributed by atoms with Gasteiger partial charge >= 0.3 is 45.6 Å². The van der Waals surface area contributed by atoms with Crippen LogP contribution in [0.4, 0.5) is 61.0 Å². The molecular weight excluding hydrogens is 430 g/mol. The second-order valence-corrected chi connectivity index (χ2v) is 5.20. The fraction of sp³-hybridized carbons (Fsp3) is 0.714. The summed E-state index contributed by atoms with van der Waals surface area (Å²) in [6, 6.07) is 0. The first-order valence-corrected chi connectivity index (χ1v) is 6.19. The molecule has 18 heteroatoms. The van der Waals surface area contributed by atoms with Crippen LogP contribution < -0.4 is 0 Å². The lowest BCUT2D eigenvalue weighted by molar-refractivity contribution is -0.473. The lowest BCUT2D eigenvalue weighted by atomic mass is 10.1. The molecule has 1 atom stereocenters. The van der Waals surface area contributed by atoms with Crippen LogP contribution in [0.3, 0.4) is 0 Å². The topological polar surface area (TPSA) is 43.4 Å². The van der Waals surface area contributed by atoms with Gasteiger partial charge in [0.15, 0.2) is 0 Å². The van der Waals surface area contributed by atoms with Crippen molar-refractivity contribution < 1.29 is 74.1 Å². The average Bonchev–Trinajstić information content (AvgIpc) is 2.33. The molecule has 0 aromatic carbocycles. The van der Waals surface area contributed by atoms with Gasteiger partial charge in [0.2, 0.25) is 5.83 Å². The Morgan fingerprint density at radius 2 is 1.12 bits per heavy atom. The Kier molecular flexibility index (Phi) is 5.80. The van der Waals surface area contributed by atoms with Crippen molar-refractivity contribution in [2.45, 2.75) is 29.3 Å². The summed E-state index contributed by atoms with van der Waals surface area (Å²) >= 11 is 0. The molecule has 0 aromatic heterocycles. The van der Waals surface area contributed by atoms with Crippen LogP contribution in [-0.4, -0.2) is 37.7 Å². The van der Waals surface area contributed by atoms with E-state index < -0.39 is 51.4 Å². The fourth-order valence-electron chi connectivity index (χ4n) is 0.938. The first-order chi connectivity index (χ1) is 10.6. The maximum atomic E-state index is 13.3. The number of alkyl halides is 10. The molecule has 0 amide bonds. The van der Waals surface area contributed by atoms with E-state index >= 15 is 0 Å². The minimum Gasteiger partial charge on any atom is -0.263 e. The van der Waals surface area contributed by atoms with Crippen molar-refractivity contribution in [1.29, 1.82) is 0 Å². The van der Waals surface area contributed by atoms with Gasteiger partial charge in [0.1, 0.15) is 0 Å². The average molecular weight is 430 g/mol. The smallest absolute Gasteiger partial charge is 0.263 e. The Labute approximate surface area is 127 Å². The quantitative estimate of drug-likeness (QED) is 0.463. The van der Waals surface area contributed by atoms with Crippen molar-refractivity contribution in [3.05, 3.63) is 11.9 Å². The molecule has 0 radical (unpaired) electrons. The first kappa shape index (κ1) is 23.7. The van der Waals surface area contributed by atoms with E-state index in [-0.39, 0.29) is 0 Å². The Hall–Kier alpha value is -1.33. The van der Waals surface area contributed by atoms with Gasteiger partial charge in [-0.05, 0) is 0 Å². The molecule has 0 heterocycles. The predicted molar refractivity (Wildman–Crippen MR) is 46.2 cm³/mol. The van der Waals surface area contributed by atoms with Crippen LogP contribution in [0.25, 0.3) is 0 Å². The number of hydrogen-bond donors (Lipinski definition) is 0. The van der Waals surface area contributed by atoms with Crippen molar-refractivity contribution in [1.82, 2.24) is 0 Å². The summed E-state index contributed by atoms with van der Waals surface area (Å²) in [7, 11) is -7.90. The molecule has 0 aliphatic carbocycles. The number of rotatable bonds is 6. The highest BCUT2D eigenvalue weighted by molar-refractivity contribution is 7.87. The maximum Gasteiger partial charge on any atom is 0.464 e. The summed E-state index contributed by atoms with van der Waals surface area (Å²) < 4.78 is 195. The molecule has 0 bridgehead atoms. The van der Waals surface area contributed by atoms with Crippen molar-refractivity contribution in [3.8, 4) is 0 Å². The van der Waals surface area contributed by atoms with Crippen LogP contribution in [0.1, 0.15) is 0 Å². The van der Waals surface area contributed by atoms with Crippen LogP contribution in [0.15, 0.2) is 11.9 Å². The molecule has 150 valence electrons. The van der Waals surface area contributed by atoms with E-state index in [1.807, 2.05) is 0 Å². The molecule has 0 fully saturated rings. The van der Waals surface area contributed by atoms with Crippen LogP contribution in [0.5, 0.6) is 0 Å². The zero-order chi connectivity index (χ0) is 20.9. The van der Waals surface area contributed by atoms with Crippen LogP contribution in [0.2, 0.25) is 0 Å². The third-order valence-corrected chi connectivity index (χ3v) is 2.97. The summed E-state index contributed by atoms with van der Waals surface area (Å²) in [5.74, 6) is -19.7. The van der Waals surface area contributed by atoms with Crippen LogP contribution in [0, 0.1) is 0 Å². The maximum absolute atomic E-state index is 13.3. The first-order valence-electron chi connectivity index (χ1n) is 4.81. The van der Waals surface area contributed by atoms with E-state index in [0.717, 1.165) is 0 Å². The monoisotopic (exact) mass is 430 g/mol. The lowest BCUT2D eigenvalue weighted by Crippen LogP contribution is -2.63. The largest absolute Gasteiger partial charge is 0.464 e. The second kappa shape index (κ2) is 6.13. The van der Waals surface area contributed by atoms with E-state index in [2.05, 4.69) is 0 Å². The zero-order valence-electron chi connectivity index (χ0n) is 10.4. The van der Waals surface area contributed by atoms with Gasteiger partial charge in [0.25, 0.3) is 0 Å². The SMILES string of the molecule is O=S(=O)(F)C(F)(F)C(F)(F)OC(F)(C(F)(F)F)C(F)(F)C(F)=C(F)F. The zero-order valence-corrected chi connectivity index (χ0v) is 11.2. The number of ether oxygens (including phenoxy) is 1. The van der Waals surface area contributed by atoms with Gasteiger partial charge in [-0.1, -0.05) is 3.89 Å². The summed E-state index contributed by atoms with van der Waals surface area (Å²) in [4.78, 5) is 0. The van der Waals surface area contributed by atoms with Crippen molar-refractivity contribution in [3.63, 3.8) is 0 Å². The van der Waals surface area contributed by atoms with Gasteiger partial charge in [-0.15, -0.1) is 0 Å². The Balaban J connectivity index is 6.54. The van der Waals surface area contributed by atoms with Gasteiger partial charge in [0.05, 0.1) is 0 Å². The molecule has 0 aliphatic heterocycles. The normalized spacial score (nSPS) is 17.2. The van der Waals surface area contributed by atoms with Gasteiger partial charge < -0.3 is 0 Å². The molecule has 0 aromatic rings. The highest BCUT2D eigenvalue weighted by Gasteiger charge is 2.82. The highest BCUT2D eigenvalue weighted by atomic mass is 32.3. The summed E-state index contributed by atoms with van der Waals surface area (Å²) in [6.45, 7) is 0. The molecule has 0 N–H and O–H groups in total. The minimum absolute atomic E-state index is 1.37. The minimum atomic E-state index is -7.90. The van der Waals surface area contributed by atoms with Gasteiger partial charge in [-0.3, -0.25) is 4.74 Å². The van der Waals surface area contributed by atoms with Gasteiger partial charge in [-0.2, -0.15) is 65.5 Å². The van der Waals surface area contributed by atoms with Gasteiger partial charge in [0, 0.05) is 0 Å². The summed E-state index contributed by atoms with van der Waals surface area (Å²) in [5.41, 5.74) is 0. The Morgan fingerprint density at radius 1 is 0.760 bits per heavy atom. The molecule has 1 unspecified atom stereocenters. The van der Waals surface area contributed by atoms with Gasteiger partial charge in [-0.25, -0.2) is 0 Å². The number of halogens is 14. The van der Waals surface area contributed by atoms with Crippen LogP contribution in [-0.2, 0) is 15.0 Å². The Bertz CT molecular complexity index is 644. The van der Waals surface area contributed by atoms with E-state index in [9.17, 15) is 69.4 Å². The van der Waals surface area contributed by atoms with E-state index in [0.29, 0.717) is 0 Å². The van der Waals surface area contributed by atoms with Crippen molar-refractivity contribution in [2.24, 2.45) is 0 Å². The molecule has 0 aliphatic rings. The van der Waals surface area contributed by atoms with Crippen molar-refractivity contribution in [2.75, 3.05) is 0 Å². The number of hydrogen-bond acceptors (Lipinski definition) is 3. The summed E-state index contributed by atoms with van der Waals surface area (Å²) in [6.07, 6.45) is -19.6. The summed E-state index contributed by atoms with van der Waals surface area (Å²) in [5, 5.41) is -7.40. The molecule has 0 rings (SSSR count). The fourth-order valence-corrected chi connectivity index (χ4v) is 1.26. The van der Waals surface area contributed by atoms with Crippen LogP contribution >= 0.6 is 0 Å². The van der Waals surface area contributed by atoms with E-state index in [1.165, 1.54) is 4.74 Å².